The van der Waals surface area contributed by atoms with Crippen LogP contribution in [0.3, 0.4) is 0 Å². The molecule has 2 aromatic heterocycles. The summed E-state index contributed by atoms with van der Waals surface area (Å²) < 4.78 is 93.7. The quantitative estimate of drug-likeness (QED) is 0.236. The Kier molecular flexibility index (Phi) is 6.86. The zero-order chi connectivity index (χ0) is 32.9. The molecule has 246 valence electrons. The van der Waals surface area contributed by atoms with Gasteiger partial charge in [-0.05, 0) is 43.4 Å². The molecule has 0 spiro atoms. The maximum absolute atomic E-state index is 17.0. The number of alkyl halides is 3. The highest BCUT2D eigenvalue weighted by atomic mass is 32.1. The molecule has 4 bridgehead atoms. The number of fused-ring (bicyclic) bond motifs is 5. The maximum Gasteiger partial charge on any atom is 0.417 e. The second-order valence-electron chi connectivity index (χ2n) is 13.2. The van der Waals surface area contributed by atoms with Crippen LogP contribution >= 0.6 is 11.3 Å². The lowest BCUT2D eigenvalue weighted by molar-refractivity contribution is -0.137. The van der Waals surface area contributed by atoms with Gasteiger partial charge in [-0.15, -0.1) is 11.3 Å². The van der Waals surface area contributed by atoms with Gasteiger partial charge in [-0.25, -0.2) is 8.78 Å². The zero-order valence-electron chi connectivity index (χ0n) is 25.1. The van der Waals surface area contributed by atoms with Gasteiger partial charge in [0.2, 0.25) is 0 Å². The molecule has 2 atom stereocenters. The van der Waals surface area contributed by atoms with Gasteiger partial charge in [0.25, 0.3) is 0 Å². The molecule has 0 radical (unpaired) electrons. The van der Waals surface area contributed by atoms with Crippen molar-refractivity contribution >= 4 is 43.1 Å². The summed E-state index contributed by atoms with van der Waals surface area (Å²) in [7, 11) is 1.61. The van der Waals surface area contributed by atoms with Crippen molar-refractivity contribution in [1.29, 1.82) is 5.26 Å². The van der Waals surface area contributed by atoms with Crippen LogP contribution in [0.5, 0.6) is 6.01 Å². The number of rotatable bonds is 7. The van der Waals surface area contributed by atoms with Crippen molar-refractivity contribution in [2.75, 3.05) is 50.7 Å². The van der Waals surface area contributed by atoms with Crippen LogP contribution in [0, 0.1) is 28.4 Å². The average Bonchev–Trinajstić information content (AvgIpc) is 3.76. The number of methoxy groups -OCH3 is 1. The molecule has 2 aromatic carbocycles. The number of nitrogens with two attached hydrogens (primary N) is 1. The number of hydrogen-bond acceptors (Lipinski definition) is 10. The van der Waals surface area contributed by atoms with Crippen LogP contribution in [0.4, 0.5) is 32.8 Å². The fourth-order valence-corrected chi connectivity index (χ4v) is 9.00. The highest BCUT2D eigenvalue weighted by Crippen LogP contribution is 2.58. The summed E-state index contributed by atoms with van der Waals surface area (Å²) in [5.74, 6) is -1.93. The van der Waals surface area contributed by atoms with Crippen molar-refractivity contribution in [1.82, 2.24) is 15.3 Å². The molecule has 5 fully saturated rings. The molecule has 5 aliphatic rings. The van der Waals surface area contributed by atoms with E-state index in [1.807, 2.05) is 11.0 Å². The van der Waals surface area contributed by atoms with Crippen LogP contribution in [0.1, 0.15) is 36.8 Å². The van der Waals surface area contributed by atoms with Gasteiger partial charge in [-0.2, -0.15) is 28.4 Å². The van der Waals surface area contributed by atoms with Gasteiger partial charge in [0.1, 0.15) is 28.2 Å². The number of nitriles is 1. The summed E-state index contributed by atoms with van der Waals surface area (Å²) in [6, 6.07) is 4.72. The summed E-state index contributed by atoms with van der Waals surface area (Å²) >= 11 is 0.717. The largest absolute Gasteiger partial charge is 0.463 e. The minimum Gasteiger partial charge on any atom is -0.463 e. The molecule has 47 heavy (non-hydrogen) atoms. The van der Waals surface area contributed by atoms with Gasteiger partial charge in [0.15, 0.2) is 5.82 Å². The van der Waals surface area contributed by atoms with Gasteiger partial charge >= 0.3 is 12.2 Å². The third kappa shape index (κ3) is 4.79. The van der Waals surface area contributed by atoms with E-state index in [2.05, 4.69) is 15.3 Å². The monoisotopic (exact) mass is 672 g/mol. The van der Waals surface area contributed by atoms with Crippen LogP contribution < -0.4 is 20.7 Å². The fourth-order valence-electron chi connectivity index (χ4n) is 8.06. The van der Waals surface area contributed by atoms with E-state index < -0.39 is 28.9 Å². The van der Waals surface area contributed by atoms with Crippen molar-refractivity contribution in [3.05, 3.63) is 41.0 Å². The Morgan fingerprint density at radius 3 is 2.60 bits per heavy atom. The van der Waals surface area contributed by atoms with Crippen LogP contribution in [-0.2, 0) is 15.7 Å². The number of benzene rings is 2. The Morgan fingerprint density at radius 1 is 1.17 bits per heavy atom. The number of aromatic nitrogens is 2. The first-order valence-electron chi connectivity index (χ1n) is 15.2. The van der Waals surface area contributed by atoms with Gasteiger partial charge in [0.05, 0.1) is 41.2 Å². The Bertz CT molecular complexity index is 1980. The van der Waals surface area contributed by atoms with Crippen LogP contribution in [0.25, 0.3) is 32.1 Å². The summed E-state index contributed by atoms with van der Waals surface area (Å²) in [6.45, 7) is 1.98. The number of anilines is 2. The summed E-state index contributed by atoms with van der Waals surface area (Å²) in [5, 5.41) is 12.9. The third-order valence-corrected chi connectivity index (χ3v) is 10.9. The smallest absolute Gasteiger partial charge is 0.417 e. The van der Waals surface area contributed by atoms with Crippen LogP contribution in [0.15, 0.2) is 18.2 Å². The van der Waals surface area contributed by atoms with Gasteiger partial charge in [-0.3, -0.25) is 0 Å². The Hall–Kier alpha value is -3.84. The molecular formula is C32H29F5N6O3S. The van der Waals surface area contributed by atoms with Crippen molar-refractivity contribution in [3.63, 3.8) is 0 Å². The molecule has 4 aromatic rings. The molecule has 9 nitrogen and oxygen atoms in total. The lowest BCUT2D eigenvalue weighted by Crippen LogP contribution is -2.51. The molecule has 1 saturated carbocycles. The number of nitrogens with zero attached hydrogens (tertiary/aromatic N) is 4. The first kappa shape index (κ1) is 30.5. The number of hydrogen-bond donors (Lipinski definition) is 2. The number of thiophene rings is 1. The van der Waals surface area contributed by atoms with E-state index >= 15 is 4.39 Å². The van der Waals surface area contributed by atoms with Gasteiger partial charge < -0.3 is 30.2 Å². The first-order valence-corrected chi connectivity index (χ1v) is 16.0. The van der Waals surface area contributed by atoms with Crippen LogP contribution in [0.2, 0.25) is 0 Å². The average molecular weight is 673 g/mol. The Balaban J connectivity index is 1.31. The van der Waals surface area contributed by atoms with Crippen molar-refractivity contribution in [3.8, 4) is 23.2 Å². The van der Waals surface area contributed by atoms with Crippen LogP contribution in [-0.4, -0.2) is 67.7 Å². The summed E-state index contributed by atoms with van der Waals surface area (Å²) in [6.07, 6.45) is -1.83. The molecular weight excluding hydrogens is 643 g/mol. The number of nitrogen functional groups attached to an aromatic ring is 1. The zero-order valence-corrected chi connectivity index (χ0v) is 26.0. The van der Waals surface area contributed by atoms with E-state index in [1.54, 1.807) is 7.11 Å². The van der Waals surface area contributed by atoms with E-state index in [9.17, 15) is 22.8 Å². The number of ether oxygens (including phenoxy) is 3. The molecule has 0 amide bonds. The normalized spacial score (nSPS) is 26.6. The van der Waals surface area contributed by atoms with Crippen molar-refractivity contribution in [2.45, 2.75) is 49.5 Å². The third-order valence-electron chi connectivity index (χ3n) is 9.90. The molecule has 4 saturated heterocycles. The predicted molar refractivity (Wildman–Crippen MR) is 164 cm³/mol. The van der Waals surface area contributed by atoms with E-state index in [4.69, 9.17) is 19.9 Å². The number of piperazine rings is 1. The summed E-state index contributed by atoms with van der Waals surface area (Å²) in [4.78, 5) is 10.8. The molecule has 15 heteroatoms. The Labute approximate surface area is 269 Å². The number of halogens is 5. The molecule has 1 aliphatic carbocycles. The second-order valence-corrected chi connectivity index (χ2v) is 14.2. The molecule has 4 aliphatic heterocycles. The maximum atomic E-state index is 17.0. The minimum atomic E-state index is -5.03. The fraction of sp³-hybridized carbons (Fsp3) is 0.469. The van der Waals surface area contributed by atoms with Gasteiger partial charge in [-0.1, -0.05) is 6.07 Å². The first-order chi connectivity index (χ1) is 22.4. The van der Waals surface area contributed by atoms with Crippen molar-refractivity contribution in [2.24, 2.45) is 5.41 Å². The topological polar surface area (TPSA) is 119 Å². The molecule has 2 unspecified atom stereocenters. The molecule has 6 heterocycles. The van der Waals surface area contributed by atoms with E-state index in [1.165, 1.54) is 0 Å². The predicted octanol–water partition coefficient (Wildman–Crippen LogP) is 5.78. The van der Waals surface area contributed by atoms with E-state index in [0.717, 1.165) is 31.0 Å². The number of nitrogens with one attached hydrogen (secondary N) is 1. The Morgan fingerprint density at radius 2 is 1.91 bits per heavy atom. The lowest BCUT2D eigenvalue weighted by atomic mass is 9.63. The van der Waals surface area contributed by atoms with E-state index in [-0.39, 0.29) is 78.7 Å². The standard InChI is InChI=1S/C32H29F5N6O3S/c1-44-14-31-10-30(11-31,13-46-31)12-45-29-41-25-18(28(42-29)43-8-15-2-3-16(9-43)40-15)6-20(32(35,36)37)23(24(25)34)17-4-5-21(33)26-22(17)19(7-38)27(39)47-26/h4-6,15-16,40H,2-3,8-14,39H2,1H3. The summed E-state index contributed by atoms with van der Waals surface area (Å²) in [5.41, 5.74) is 2.22. The highest BCUT2D eigenvalue weighted by molar-refractivity contribution is 7.23. The highest BCUT2D eigenvalue weighted by Gasteiger charge is 2.63. The molecule has 3 N–H and O–H groups in total. The minimum absolute atomic E-state index is 0.0852. The lowest BCUT2D eigenvalue weighted by Gasteiger charge is -2.43. The molecule has 9 rings (SSSR count). The van der Waals surface area contributed by atoms with Crippen molar-refractivity contribution < 1.29 is 36.2 Å². The SMILES string of the molecule is COCC12CC(COc3nc(N4CC5CCC(C4)N5)c4cc(C(F)(F)F)c(-c5ccc(F)c6sc(N)c(C#N)c56)c(F)c4n3)(CO1)C2. The van der Waals surface area contributed by atoms with E-state index in [0.29, 0.717) is 50.5 Å². The second kappa shape index (κ2) is 10.6. The van der Waals surface area contributed by atoms with Gasteiger partial charge in [0, 0.05) is 54.0 Å².